The second kappa shape index (κ2) is 6.49. The maximum absolute atomic E-state index is 12.2. The summed E-state index contributed by atoms with van der Waals surface area (Å²) >= 11 is 0. The van der Waals surface area contributed by atoms with Gasteiger partial charge in [-0.25, -0.2) is 0 Å². The van der Waals surface area contributed by atoms with Crippen molar-refractivity contribution in [3.05, 3.63) is 59.4 Å². The molecule has 1 aliphatic heterocycles. The van der Waals surface area contributed by atoms with Crippen molar-refractivity contribution < 1.29 is 19.1 Å². The van der Waals surface area contributed by atoms with E-state index in [0.717, 1.165) is 10.5 Å². The molecule has 0 saturated heterocycles. The van der Waals surface area contributed by atoms with E-state index >= 15 is 0 Å². The number of nitrogens with zero attached hydrogens (tertiary/aromatic N) is 2. The Hall–Kier alpha value is -3.22. The first-order valence-electron chi connectivity index (χ1n) is 7.31. The van der Waals surface area contributed by atoms with E-state index in [1.807, 2.05) is 18.2 Å². The molecule has 0 fully saturated rings. The molecule has 0 bridgehead atoms. The van der Waals surface area contributed by atoms with Gasteiger partial charge in [0.15, 0.2) is 0 Å². The maximum Gasteiger partial charge on any atom is 0.280 e. The Balaban J connectivity index is 1.64. The van der Waals surface area contributed by atoms with E-state index in [4.69, 9.17) is 4.74 Å². The third-order valence-corrected chi connectivity index (χ3v) is 3.70. The van der Waals surface area contributed by atoms with Crippen molar-refractivity contribution in [3.8, 4) is 5.75 Å². The minimum atomic E-state index is -0.553. The number of fused-ring (bicyclic) bond motifs is 1. The molecule has 1 N–H and O–H groups in total. The number of methoxy groups -OCH3 is 1. The highest BCUT2D eigenvalue weighted by atomic mass is 16.5. The average molecular weight is 325 g/mol. The van der Waals surface area contributed by atoms with Crippen LogP contribution in [0.25, 0.3) is 0 Å². The Labute approximate surface area is 138 Å². The molecule has 0 unspecified atom stereocenters. The van der Waals surface area contributed by atoms with Crippen LogP contribution in [-0.4, -0.2) is 41.3 Å². The van der Waals surface area contributed by atoms with Gasteiger partial charge >= 0.3 is 0 Å². The fourth-order valence-electron chi connectivity index (χ4n) is 2.50. The molecule has 2 heterocycles. The average Bonchev–Trinajstić information content (AvgIpc) is 2.85. The summed E-state index contributed by atoms with van der Waals surface area (Å²) in [5, 5.41) is 2.68. The fourth-order valence-corrected chi connectivity index (χ4v) is 2.50. The minimum Gasteiger partial charge on any atom is -0.496 e. The van der Waals surface area contributed by atoms with E-state index in [0.29, 0.717) is 5.75 Å². The lowest BCUT2D eigenvalue weighted by Gasteiger charge is -2.14. The van der Waals surface area contributed by atoms with Crippen LogP contribution in [0.1, 0.15) is 26.4 Å². The number of rotatable bonds is 5. The number of ether oxygens (including phenoxy) is 1. The van der Waals surface area contributed by atoms with Crippen molar-refractivity contribution in [2.24, 2.45) is 0 Å². The van der Waals surface area contributed by atoms with E-state index in [1.165, 1.54) is 12.3 Å². The number of nitrogens with one attached hydrogen (secondary N) is 1. The monoisotopic (exact) mass is 325 g/mol. The van der Waals surface area contributed by atoms with Crippen molar-refractivity contribution in [3.63, 3.8) is 0 Å². The largest absolute Gasteiger partial charge is 0.496 e. The summed E-state index contributed by atoms with van der Waals surface area (Å²) in [6.07, 6.45) is 1.44. The third-order valence-electron chi connectivity index (χ3n) is 3.70. The van der Waals surface area contributed by atoms with Gasteiger partial charge in [-0.05, 0) is 18.2 Å². The van der Waals surface area contributed by atoms with Crippen LogP contribution >= 0.6 is 0 Å². The van der Waals surface area contributed by atoms with Gasteiger partial charge in [-0.1, -0.05) is 18.2 Å². The predicted molar refractivity (Wildman–Crippen MR) is 84.4 cm³/mol. The normalized spacial score (nSPS) is 13.0. The molecule has 0 radical (unpaired) electrons. The van der Waals surface area contributed by atoms with Crippen molar-refractivity contribution in [1.82, 2.24) is 15.2 Å². The van der Waals surface area contributed by atoms with Gasteiger partial charge < -0.3 is 10.1 Å². The Kier molecular flexibility index (Phi) is 4.24. The topological polar surface area (TPSA) is 88.6 Å². The quantitative estimate of drug-likeness (QED) is 0.829. The summed E-state index contributed by atoms with van der Waals surface area (Å²) in [4.78, 5) is 41.2. The van der Waals surface area contributed by atoms with Crippen LogP contribution in [0.2, 0.25) is 0 Å². The molecule has 3 rings (SSSR count). The molecule has 24 heavy (non-hydrogen) atoms. The summed E-state index contributed by atoms with van der Waals surface area (Å²) in [6.45, 7) is -0.104. The summed E-state index contributed by atoms with van der Waals surface area (Å²) < 4.78 is 5.21. The number of aromatic nitrogens is 1. The number of pyridine rings is 1. The predicted octanol–water partition coefficient (Wildman–Crippen LogP) is 1.00. The number of amides is 3. The number of carbonyl (C=O) groups excluding carboxylic acids is 3. The molecule has 0 aliphatic carbocycles. The Morgan fingerprint density at radius 1 is 1.17 bits per heavy atom. The van der Waals surface area contributed by atoms with Crippen molar-refractivity contribution in [1.29, 1.82) is 0 Å². The molecular weight excluding hydrogens is 310 g/mol. The molecule has 1 aromatic heterocycles. The molecule has 0 atom stereocenters. The highest BCUT2D eigenvalue weighted by Crippen LogP contribution is 2.20. The zero-order chi connectivity index (χ0) is 17.1. The van der Waals surface area contributed by atoms with Gasteiger partial charge in [-0.2, -0.15) is 0 Å². The number of hydrogen-bond donors (Lipinski definition) is 1. The molecule has 0 saturated carbocycles. The number of imide groups is 1. The van der Waals surface area contributed by atoms with E-state index in [2.05, 4.69) is 10.3 Å². The number of para-hydroxylation sites is 1. The lowest BCUT2D eigenvalue weighted by atomic mass is 10.2. The van der Waals surface area contributed by atoms with Crippen LogP contribution in [0.5, 0.6) is 5.75 Å². The molecule has 7 nitrogen and oxygen atoms in total. The second-order valence-electron chi connectivity index (χ2n) is 5.18. The molecule has 2 aromatic rings. The number of benzene rings is 1. The summed E-state index contributed by atoms with van der Waals surface area (Å²) in [6, 6.07) is 10.4. The van der Waals surface area contributed by atoms with Crippen molar-refractivity contribution in [2.45, 2.75) is 6.54 Å². The Bertz CT molecular complexity index is 784. The van der Waals surface area contributed by atoms with Gasteiger partial charge in [-0.3, -0.25) is 24.3 Å². The van der Waals surface area contributed by atoms with Crippen molar-refractivity contribution >= 4 is 17.7 Å². The van der Waals surface area contributed by atoms with E-state index in [-0.39, 0.29) is 24.3 Å². The molecule has 0 spiro atoms. The first kappa shape index (κ1) is 15.7. The van der Waals surface area contributed by atoms with Gasteiger partial charge in [0.1, 0.15) is 18.0 Å². The van der Waals surface area contributed by atoms with Crippen LogP contribution in [0.3, 0.4) is 0 Å². The summed E-state index contributed by atoms with van der Waals surface area (Å²) in [5.74, 6) is -0.836. The zero-order valence-electron chi connectivity index (χ0n) is 13.0. The lowest BCUT2D eigenvalue weighted by Crippen LogP contribution is -2.40. The van der Waals surface area contributed by atoms with Crippen LogP contribution in [0.15, 0.2) is 42.6 Å². The number of hydrogen-bond acceptors (Lipinski definition) is 5. The molecule has 1 aliphatic rings. The first-order chi connectivity index (χ1) is 11.6. The second-order valence-corrected chi connectivity index (χ2v) is 5.18. The van der Waals surface area contributed by atoms with Crippen LogP contribution in [-0.2, 0) is 11.3 Å². The minimum absolute atomic E-state index is 0.0834. The van der Waals surface area contributed by atoms with Crippen molar-refractivity contribution in [2.75, 3.05) is 13.7 Å². The van der Waals surface area contributed by atoms with Crippen LogP contribution < -0.4 is 10.1 Å². The fraction of sp³-hybridized carbons (Fsp3) is 0.176. The standard InChI is InChI=1S/C17H15N3O4/c1-24-13-7-3-2-5-11(13)9-19-14(21)10-20-16(22)12-6-4-8-18-15(12)17(20)23/h2-8H,9-10H2,1H3,(H,19,21). The van der Waals surface area contributed by atoms with Gasteiger partial charge in [0.2, 0.25) is 5.91 Å². The Morgan fingerprint density at radius 3 is 2.71 bits per heavy atom. The molecular formula is C17H15N3O4. The molecule has 7 heteroatoms. The van der Waals surface area contributed by atoms with Gasteiger partial charge in [0.05, 0.1) is 12.7 Å². The zero-order valence-corrected chi connectivity index (χ0v) is 13.0. The van der Waals surface area contributed by atoms with Crippen LogP contribution in [0, 0.1) is 0 Å². The van der Waals surface area contributed by atoms with Gasteiger partial charge in [-0.15, -0.1) is 0 Å². The molecule has 122 valence electrons. The third kappa shape index (κ3) is 2.83. The highest BCUT2D eigenvalue weighted by Gasteiger charge is 2.37. The SMILES string of the molecule is COc1ccccc1CNC(=O)CN1C(=O)c2cccnc2C1=O. The smallest absolute Gasteiger partial charge is 0.280 e. The van der Waals surface area contributed by atoms with Crippen LogP contribution in [0.4, 0.5) is 0 Å². The van der Waals surface area contributed by atoms with Gasteiger partial charge in [0.25, 0.3) is 11.8 Å². The Morgan fingerprint density at radius 2 is 1.96 bits per heavy atom. The van der Waals surface area contributed by atoms with E-state index in [9.17, 15) is 14.4 Å². The molecule has 3 amide bonds. The maximum atomic E-state index is 12.2. The summed E-state index contributed by atoms with van der Waals surface area (Å²) in [5.41, 5.74) is 1.11. The first-order valence-corrected chi connectivity index (χ1v) is 7.31. The van der Waals surface area contributed by atoms with E-state index in [1.54, 1.807) is 19.2 Å². The van der Waals surface area contributed by atoms with Gasteiger partial charge in [0, 0.05) is 18.3 Å². The lowest BCUT2D eigenvalue weighted by molar-refractivity contribution is -0.121. The number of carbonyl (C=O) groups is 3. The molecule has 1 aromatic carbocycles. The summed E-state index contributed by atoms with van der Waals surface area (Å²) in [7, 11) is 1.55. The van der Waals surface area contributed by atoms with E-state index < -0.39 is 17.7 Å². The highest BCUT2D eigenvalue weighted by molar-refractivity contribution is 6.21.